The van der Waals surface area contributed by atoms with Gasteiger partial charge >= 0.3 is 0 Å². The number of ether oxygens (including phenoxy) is 1. The molecule has 2 amide bonds. The molecule has 0 radical (unpaired) electrons. The average Bonchev–Trinajstić information content (AvgIpc) is 2.61. The van der Waals surface area contributed by atoms with Gasteiger partial charge in [0.15, 0.2) is 0 Å². The number of carbonyl (C=O) groups excluding carboxylic acids is 2. The van der Waals surface area contributed by atoms with E-state index in [4.69, 9.17) is 4.74 Å². The molecule has 1 aromatic carbocycles. The van der Waals surface area contributed by atoms with Crippen LogP contribution in [-0.2, 0) is 4.74 Å². The van der Waals surface area contributed by atoms with E-state index in [1.807, 2.05) is 4.90 Å². The summed E-state index contributed by atoms with van der Waals surface area (Å²) in [4.78, 5) is 28.7. The summed E-state index contributed by atoms with van der Waals surface area (Å²) < 4.78 is 5.27. The second kappa shape index (κ2) is 7.13. The van der Waals surface area contributed by atoms with Crippen LogP contribution in [0.4, 0.5) is 0 Å². The van der Waals surface area contributed by atoms with Crippen molar-refractivity contribution >= 4 is 11.8 Å². The summed E-state index contributed by atoms with van der Waals surface area (Å²) >= 11 is 0. The van der Waals surface area contributed by atoms with E-state index >= 15 is 0 Å². The van der Waals surface area contributed by atoms with Gasteiger partial charge in [-0.2, -0.15) is 0 Å². The minimum absolute atomic E-state index is 0.0129. The van der Waals surface area contributed by atoms with Crippen LogP contribution in [0.25, 0.3) is 0 Å². The van der Waals surface area contributed by atoms with E-state index in [2.05, 4.69) is 6.92 Å². The van der Waals surface area contributed by atoms with Gasteiger partial charge in [-0.3, -0.25) is 9.59 Å². The molecule has 1 unspecified atom stereocenters. The van der Waals surface area contributed by atoms with Gasteiger partial charge in [-0.05, 0) is 43.0 Å². The third-order valence-electron chi connectivity index (χ3n) is 4.62. The molecule has 2 heterocycles. The molecule has 1 atom stereocenters. The van der Waals surface area contributed by atoms with E-state index in [1.165, 1.54) is 6.42 Å². The molecule has 2 saturated heterocycles. The molecule has 5 heteroatoms. The van der Waals surface area contributed by atoms with Gasteiger partial charge in [0.2, 0.25) is 0 Å². The third-order valence-corrected chi connectivity index (χ3v) is 4.62. The zero-order valence-electron chi connectivity index (χ0n) is 13.7. The van der Waals surface area contributed by atoms with Crippen LogP contribution >= 0.6 is 0 Å². The van der Waals surface area contributed by atoms with Gasteiger partial charge in [0, 0.05) is 37.3 Å². The van der Waals surface area contributed by atoms with Crippen LogP contribution in [0.2, 0.25) is 0 Å². The lowest BCUT2D eigenvalue weighted by Gasteiger charge is -2.31. The molecule has 5 nitrogen and oxygen atoms in total. The Labute approximate surface area is 137 Å². The highest BCUT2D eigenvalue weighted by Crippen LogP contribution is 2.18. The molecular weight excluding hydrogens is 292 g/mol. The smallest absolute Gasteiger partial charge is 0.254 e. The van der Waals surface area contributed by atoms with Crippen molar-refractivity contribution in [2.45, 2.75) is 19.8 Å². The molecule has 0 bridgehead atoms. The lowest BCUT2D eigenvalue weighted by molar-refractivity contribution is 0.0303. The molecule has 2 aliphatic rings. The summed E-state index contributed by atoms with van der Waals surface area (Å²) in [5.41, 5.74) is 1.30. The number of benzene rings is 1. The highest BCUT2D eigenvalue weighted by atomic mass is 16.5. The van der Waals surface area contributed by atoms with Crippen LogP contribution in [0.15, 0.2) is 24.3 Å². The summed E-state index contributed by atoms with van der Waals surface area (Å²) in [5, 5.41) is 0. The van der Waals surface area contributed by atoms with Crippen LogP contribution in [0.5, 0.6) is 0 Å². The summed E-state index contributed by atoms with van der Waals surface area (Å²) in [6.07, 6.45) is 2.26. The Morgan fingerprint density at radius 3 is 2.09 bits per heavy atom. The Morgan fingerprint density at radius 1 is 0.957 bits per heavy atom. The van der Waals surface area contributed by atoms with Gasteiger partial charge in [-0.1, -0.05) is 6.92 Å². The molecular formula is C18H24N2O3. The first-order valence-corrected chi connectivity index (χ1v) is 8.41. The lowest BCUT2D eigenvalue weighted by atomic mass is 9.99. The Kier molecular flexibility index (Phi) is 4.96. The Bertz CT molecular complexity index is 564. The summed E-state index contributed by atoms with van der Waals surface area (Å²) in [7, 11) is 0. The predicted octanol–water partition coefficient (Wildman–Crippen LogP) is 2.03. The number of hydrogen-bond donors (Lipinski definition) is 0. The highest BCUT2D eigenvalue weighted by molar-refractivity contribution is 5.97. The number of nitrogens with zero attached hydrogens (tertiary/aromatic N) is 2. The number of amides is 2. The number of piperidine rings is 1. The molecule has 2 fully saturated rings. The number of hydrogen-bond acceptors (Lipinski definition) is 3. The van der Waals surface area contributed by atoms with E-state index in [0.717, 1.165) is 19.5 Å². The Hall–Kier alpha value is -1.88. The molecule has 0 saturated carbocycles. The van der Waals surface area contributed by atoms with E-state index < -0.39 is 0 Å². The molecule has 1 aromatic rings. The fraction of sp³-hybridized carbons (Fsp3) is 0.556. The molecule has 23 heavy (non-hydrogen) atoms. The fourth-order valence-corrected chi connectivity index (χ4v) is 3.26. The van der Waals surface area contributed by atoms with Crippen molar-refractivity contribution in [1.82, 2.24) is 9.80 Å². The Balaban J connectivity index is 1.66. The minimum atomic E-state index is 0.0129. The number of rotatable bonds is 2. The normalized spacial score (nSPS) is 22.0. The topological polar surface area (TPSA) is 49.9 Å². The monoisotopic (exact) mass is 316 g/mol. The van der Waals surface area contributed by atoms with Gasteiger partial charge in [0.1, 0.15) is 0 Å². The van der Waals surface area contributed by atoms with Gasteiger partial charge in [0.05, 0.1) is 13.2 Å². The number of likely N-dealkylation sites (tertiary alicyclic amines) is 1. The molecule has 124 valence electrons. The van der Waals surface area contributed by atoms with Crippen molar-refractivity contribution in [2.24, 2.45) is 5.92 Å². The molecule has 0 aliphatic carbocycles. The van der Waals surface area contributed by atoms with Gasteiger partial charge < -0.3 is 14.5 Å². The minimum Gasteiger partial charge on any atom is -0.378 e. The van der Waals surface area contributed by atoms with Crippen LogP contribution in [0.3, 0.4) is 0 Å². The first-order chi connectivity index (χ1) is 11.1. The second-order valence-corrected chi connectivity index (χ2v) is 6.48. The Morgan fingerprint density at radius 2 is 1.52 bits per heavy atom. The van der Waals surface area contributed by atoms with Crippen LogP contribution < -0.4 is 0 Å². The summed E-state index contributed by atoms with van der Waals surface area (Å²) in [5.74, 6) is 0.649. The summed E-state index contributed by atoms with van der Waals surface area (Å²) in [6, 6.07) is 7.07. The lowest BCUT2D eigenvalue weighted by Crippen LogP contribution is -2.40. The van der Waals surface area contributed by atoms with Crippen LogP contribution in [0, 0.1) is 5.92 Å². The maximum Gasteiger partial charge on any atom is 0.254 e. The van der Waals surface area contributed by atoms with Crippen molar-refractivity contribution in [3.63, 3.8) is 0 Å². The van der Waals surface area contributed by atoms with Crippen molar-refractivity contribution in [2.75, 3.05) is 39.4 Å². The molecule has 0 N–H and O–H groups in total. The fourth-order valence-electron chi connectivity index (χ4n) is 3.26. The predicted molar refractivity (Wildman–Crippen MR) is 87.5 cm³/mol. The van der Waals surface area contributed by atoms with Gasteiger partial charge in [0.25, 0.3) is 11.8 Å². The quantitative estimate of drug-likeness (QED) is 0.839. The van der Waals surface area contributed by atoms with Crippen molar-refractivity contribution in [3.05, 3.63) is 35.4 Å². The zero-order valence-corrected chi connectivity index (χ0v) is 13.7. The van der Waals surface area contributed by atoms with Crippen molar-refractivity contribution in [1.29, 1.82) is 0 Å². The maximum atomic E-state index is 12.5. The molecule has 3 rings (SSSR count). The largest absolute Gasteiger partial charge is 0.378 e. The van der Waals surface area contributed by atoms with Crippen LogP contribution in [-0.4, -0.2) is 61.0 Å². The highest BCUT2D eigenvalue weighted by Gasteiger charge is 2.23. The maximum absolute atomic E-state index is 12.5. The molecule has 0 aromatic heterocycles. The average molecular weight is 316 g/mol. The van der Waals surface area contributed by atoms with Crippen molar-refractivity contribution in [3.8, 4) is 0 Å². The molecule has 0 spiro atoms. The SMILES string of the molecule is CC1CCCN(C(=O)c2ccc(C(=O)N3CCOCC3)cc2)C1. The van der Waals surface area contributed by atoms with E-state index in [9.17, 15) is 9.59 Å². The first kappa shape index (κ1) is 16.0. The first-order valence-electron chi connectivity index (χ1n) is 8.41. The number of morpholine rings is 1. The standard InChI is InChI=1S/C18H24N2O3/c1-14-3-2-8-20(13-14)18(22)16-6-4-15(5-7-16)17(21)19-9-11-23-12-10-19/h4-7,14H,2-3,8-13H2,1H3. The third kappa shape index (κ3) is 3.72. The van der Waals surface area contributed by atoms with Gasteiger partial charge in [-0.25, -0.2) is 0 Å². The second-order valence-electron chi connectivity index (χ2n) is 6.48. The van der Waals surface area contributed by atoms with E-state index in [-0.39, 0.29) is 11.8 Å². The van der Waals surface area contributed by atoms with E-state index in [0.29, 0.717) is 43.3 Å². The molecule has 2 aliphatic heterocycles. The van der Waals surface area contributed by atoms with Crippen LogP contribution in [0.1, 0.15) is 40.5 Å². The van der Waals surface area contributed by atoms with Crippen molar-refractivity contribution < 1.29 is 14.3 Å². The van der Waals surface area contributed by atoms with Gasteiger partial charge in [-0.15, -0.1) is 0 Å². The van der Waals surface area contributed by atoms with E-state index in [1.54, 1.807) is 29.2 Å². The zero-order chi connectivity index (χ0) is 16.2. The number of carbonyl (C=O) groups is 2. The summed E-state index contributed by atoms with van der Waals surface area (Å²) in [6.45, 7) is 6.29.